The molecule has 2 N–H and O–H groups in total. The van der Waals surface area contributed by atoms with Crippen LogP contribution in [-0.2, 0) is 53.3 Å². The topological polar surface area (TPSA) is 189 Å². The molecule has 3 aliphatic heterocycles. The summed E-state index contributed by atoms with van der Waals surface area (Å²) < 4.78 is 34.4. The molecule has 16 nitrogen and oxygen atoms in total. The zero-order valence-electron chi connectivity index (χ0n) is 35.6. The van der Waals surface area contributed by atoms with Gasteiger partial charge in [0.15, 0.2) is 0 Å². The number of ether oxygens (including phenoxy) is 1. The van der Waals surface area contributed by atoms with Crippen molar-refractivity contribution in [2.75, 3.05) is 33.3 Å². The number of fused-ring (bicyclic) bond motifs is 6. The first-order valence-electron chi connectivity index (χ1n) is 20.8. The Morgan fingerprint density at radius 2 is 1.90 bits per heavy atom. The lowest BCUT2D eigenvalue weighted by atomic mass is 9.84. The monoisotopic (exact) mass is 873 g/mol. The van der Waals surface area contributed by atoms with Gasteiger partial charge in [0.1, 0.15) is 24.5 Å². The Balaban J connectivity index is 1.24. The van der Waals surface area contributed by atoms with Gasteiger partial charge in [-0.3, -0.25) is 24.2 Å². The number of cyclic esters (lactones) is 1. The van der Waals surface area contributed by atoms with Gasteiger partial charge < -0.3 is 19.5 Å². The first-order chi connectivity index (χ1) is 29.0. The molecule has 2 fully saturated rings. The fourth-order valence-electron chi connectivity index (χ4n) is 8.83. The third-order valence-corrected chi connectivity index (χ3v) is 14.2. The van der Waals surface area contributed by atoms with Gasteiger partial charge in [0.25, 0.3) is 5.91 Å². The second kappa shape index (κ2) is 17.7. The van der Waals surface area contributed by atoms with E-state index >= 15 is 0 Å². The number of carbonyl (C=O) groups is 4. The van der Waals surface area contributed by atoms with E-state index in [-0.39, 0.29) is 37.9 Å². The standard InChI is InChI=1S/C43H55N9O7S2/c1-8-51-35-13-12-27-17-30(35)31(38(51)29-20-44-25-45-21-29)19-43(5,6)24-59-42(56)32-11-10-15-52(48-32)41(55)33(18-36-46-34(27)23-60-36)47-39(53)37(26(3)4)49(7)40(54)28-14-16-50(22-28)61(57,58)9-2/h9,12-13,17,20-21,23,25-26,28,32-33,37,48H,2,8,10-11,14-16,18-19,22,24H2,1,3-7H3,(H,47,53)/t28-,32+,33+,37?/m1/s1. The molecular formula is C43H55N9O7S2. The van der Waals surface area contributed by atoms with Crippen LogP contribution in [0, 0.1) is 17.3 Å². The number of likely N-dealkylation sites (N-methyl/N-ethyl adjacent to an activating group) is 1. The molecule has 1 unspecified atom stereocenters. The second-order valence-corrected chi connectivity index (χ2v) is 20.1. The molecule has 18 heteroatoms. The van der Waals surface area contributed by atoms with Crippen molar-refractivity contribution in [3.8, 4) is 22.5 Å². The number of benzene rings is 1. The van der Waals surface area contributed by atoms with Crippen LogP contribution in [0.25, 0.3) is 33.4 Å². The van der Waals surface area contributed by atoms with Crippen molar-refractivity contribution in [1.82, 2.24) is 44.5 Å². The number of sulfonamides is 1. The highest BCUT2D eigenvalue weighted by molar-refractivity contribution is 7.92. The number of carbonyl (C=O) groups excluding carboxylic acids is 4. The third kappa shape index (κ3) is 9.13. The molecule has 2 saturated heterocycles. The van der Waals surface area contributed by atoms with Gasteiger partial charge in [-0.25, -0.2) is 28.8 Å². The summed E-state index contributed by atoms with van der Waals surface area (Å²) in [4.78, 5) is 71.4. The Kier molecular flexibility index (Phi) is 12.8. The van der Waals surface area contributed by atoms with Crippen molar-refractivity contribution >= 4 is 56.0 Å². The first kappa shape index (κ1) is 44.0. The number of aryl methyl sites for hydroxylation is 1. The lowest BCUT2D eigenvalue weighted by Gasteiger charge is -2.36. The van der Waals surface area contributed by atoms with E-state index in [1.54, 1.807) is 0 Å². The van der Waals surface area contributed by atoms with Crippen molar-refractivity contribution in [2.45, 2.75) is 91.4 Å². The van der Waals surface area contributed by atoms with Crippen LogP contribution in [0.5, 0.6) is 0 Å². The summed E-state index contributed by atoms with van der Waals surface area (Å²) in [6.45, 7) is 14.5. The quantitative estimate of drug-likeness (QED) is 0.230. The molecule has 1 aromatic carbocycles. The molecule has 6 bridgehead atoms. The van der Waals surface area contributed by atoms with Crippen LogP contribution in [0.1, 0.15) is 64.5 Å². The highest BCUT2D eigenvalue weighted by atomic mass is 32.2. The van der Waals surface area contributed by atoms with Gasteiger partial charge in [0.2, 0.25) is 21.8 Å². The smallest absolute Gasteiger partial charge is 0.324 e. The molecule has 0 saturated carbocycles. The van der Waals surface area contributed by atoms with E-state index in [1.807, 2.05) is 37.7 Å². The SMILES string of the molecule is C=CS(=O)(=O)N1CC[C@@H](C(=O)N(C)C(C(=O)N[C@H]2Cc3nc(cs3)-c3ccc4c(c3)c(c(-c3cncnc3)n4CC)CC(C)(C)COC(=O)[C@@H]3CCCN(N3)C2=O)C(C)C)C1. The number of aromatic nitrogens is 4. The van der Waals surface area contributed by atoms with E-state index in [1.165, 1.54) is 38.9 Å². The van der Waals surface area contributed by atoms with E-state index in [4.69, 9.17) is 9.72 Å². The summed E-state index contributed by atoms with van der Waals surface area (Å²) in [7, 11) is -2.17. The molecular weight excluding hydrogens is 819 g/mol. The average molecular weight is 874 g/mol. The zero-order valence-corrected chi connectivity index (χ0v) is 37.2. The van der Waals surface area contributed by atoms with Gasteiger partial charge in [-0.1, -0.05) is 40.3 Å². The van der Waals surface area contributed by atoms with E-state index in [2.05, 4.69) is 64.8 Å². The summed E-state index contributed by atoms with van der Waals surface area (Å²) >= 11 is 1.38. The fourth-order valence-corrected chi connectivity index (χ4v) is 10.6. The van der Waals surface area contributed by atoms with Gasteiger partial charge in [0.05, 0.1) is 28.9 Å². The van der Waals surface area contributed by atoms with Gasteiger partial charge >= 0.3 is 5.97 Å². The maximum atomic E-state index is 14.5. The third-order valence-electron chi connectivity index (χ3n) is 11.9. The summed E-state index contributed by atoms with van der Waals surface area (Å²) in [5.74, 6) is -2.83. The number of thiazole rings is 1. The van der Waals surface area contributed by atoms with Crippen molar-refractivity contribution in [2.24, 2.45) is 17.3 Å². The molecule has 4 aromatic rings. The van der Waals surface area contributed by atoms with Crippen LogP contribution < -0.4 is 10.7 Å². The number of esters is 1. The Morgan fingerprint density at radius 1 is 1.15 bits per heavy atom. The van der Waals surface area contributed by atoms with Crippen LogP contribution >= 0.6 is 11.3 Å². The lowest BCUT2D eigenvalue weighted by molar-refractivity contribution is -0.155. The van der Waals surface area contributed by atoms with Crippen molar-refractivity contribution in [3.63, 3.8) is 0 Å². The first-order valence-corrected chi connectivity index (χ1v) is 23.2. The Bertz CT molecular complexity index is 2430. The van der Waals surface area contributed by atoms with E-state index < -0.39 is 57.3 Å². The van der Waals surface area contributed by atoms with Gasteiger partial charge in [-0.05, 0) is 56.2 Å². The van der Waals surface area contributed by atoms with Crippen LogP contribution in [0.2, 0.25) is 0 Å². The molecule has 61 heavy (non-hydrogen) atoms. The molecule has 0 spiro atoms. The Labute approximate surface area is 360 Å². The minimum Gasteiger partial charge on any atom is -0.464 e. The molecule has 3 amide bonds. The predicted molar refractivity (Wildman–Crippen MR) is 232 cm³/mol. The Morgan fingerprint density at radius 3 is 2.61 bits per heavy atom. The Hall–Kier alpha value is -5.04. The molecule has 326 valence electrons. The number of rotatable bonds is 9. The summed E-state index contributed by atoms with van der Waals surface area (Å²) in [6.07, 6.45) is 7.05. The van der Waals surface area contributed by atoms with Gasteiger partial charge in [-0.2, -0.15) is 4.31 Å². The molecule has 4 atom stereocenters. The molecule has 0 radical (unpaired) electrons. The highest BCUT2D eigenvalue weighted by Gasteiger charge is 2.41. The summed E-state index contributed by atoms with van der Waals surface area (Å²) in [5, 5.41) is 8.81. The summed E-state index contributed by atoms with van der Waals surface area (Å²) in [6, 6.07) is 3.38. The van der Waals surface area contributed by atoms with Gasteiger partial charge in [0, 0.05) is 90.3 Å². The fraction of sp³-hybridized carbons (Fsp3) is 0.512. The van der Waals surface area contributed by atoms with Crippen molar-refractivity contribution in [1.29, 1.82) is 0 Å². The minimum absolute atomic E-state index is 0.0129. The van der Waals surface area contributed by atoms with Crippen molar-refractivity contribution < 1.29 is 32.3 Å². The maximum Gasteiger partial charge on any atom is 0.324 e. The molecule has 7 rings (SSSR count). The van der Waals surface area contributed by atoms with Crippen LogP contribution in [0.15, 0.2) is 54.3 Å². The normalized spacial score (nSPS) is 21.8. The lowest BCUT2D eigenvalue weighted by Crippen LogP contribution is -2.62. The molecule has 3 aromatic heterocycles. The van der Waals surface area contributed by atoms with E-state index in [0.29, 0.717) is 43.8 Å². The van der Waals surface area contributed by atoms with E-state index in [9.17, 15) is 27.6 Å². The number of nitrogens with zero attached hydrogens (tertiary/aromatic N) is 7. The predicted octanol–water partition coefficient (Wildman–Crippen LogP) is 4.17. The molecule has 0 aliphatic carbocycles. The van der Waals surface area contributed by atoms with Crippen LogP contribution in [0.4, 0.5) is 0 Å². The average Bonchev–Trinajstić information content (AvgIpc) is 4.00. The number of hydrogen-bond donors (Lipinski definition) is 2. The van der Waals surface area contributed by atoms with Crippen LogP contribution in [-0.4, -0.2) is 117 Å². The zero-order chi connectivity index (χ0) is 43.8. The van der Waals surface area contributed by atoms with Crippen LogP contribution in [0.3, 0.4) is 0 Å². The largest absolute Gasteiger partial charge is 0.464 e. The van der Waals surface area contributed by atoms with Gasteiger partial charge in [-0.15, -0.1) is 11.3 Å². The van der Waals surface area contributed by atoms with E-state index in [0.717, 1.165) is 44.4 Å². The second-order valence-electron chi connectivity index (χ2n) is 17.3. The molecule has 3 aliphatic rings. The summed E-state index contributed by atoms with van der Waals surface area (Å²) in [5.41, 5.74) is 8.20. The number of hydrogen-bond acceptors (Lipinski definition) is 12. The van der Waals surface area contributed by atoms with Crippen molar-refractivity contribution in [3.05, 3.63) is 64.9 Å². The minimum atomic E-state index is -3.70. The highest BCUT2D eigenvalue weighted by Crippen LogP contribution is 2.40. The number of hydrazine groups is 1. The number of nitrogens with one attached hydrogen (secondary N) is 2. The molecule has 6 heterocycles. The number of amides is 3. The maximum absolute atomic E-state index is 14.5.